The fourth-order valence-corrected chi connectivity index (χ4v) is 3.01. The molecule has 0 spiro atoms. The molecule has 0 aliphatic carbocycles. The summed E-state index contributed by atoms with van der Waals surface area (Å²) in [5, 5.41) is 3.23. The van der Waals surface area contributed by atoms with Gasteiger partial charge in [0.05, 0.1) is 18.7 Å². The molecule has 0 saturated heterocycles. The molecule has 23 heavy (non-hydrogen) atoms. The van der Waals surface area contributed by atoms with Gasteiger partial charge in [-0.15, -0.1) is 0 Å². The molecule has 1 N–H and O–H groups in total. The van der Waals surface area contributed by atoms with Gasteiger partial charge in [0.15, 0.2) is 11.5 Å². The number of ether oxygens (including phenoxy) is 2. The van der Waals surface area contributed by atoms with E-state index in [-0.39, 0.29) is 5.91 Å². The third kappa shape index (κ3) is 4.29. The van der Waals surface area contributed by atoms with E-state index in [0.717, 1.165) is 14.8 Å². The first-order valence-electron chi connectivity index (χ1n) is 7.04. The maximum Gasteiger partial charge on any atom is 0.255 e. The van der Waals surface area contributed by atoms with Gasteiger partial charge in [-0.3, -0.25) is 4.79 Å². The van der Waals surface area contributed by atoms with Crippen molar-refractivity contribution in [2.45, 2.75) is 13.8 Å². The standard InChI is InChI=1S/C17H17ClINO3/c1-4-23-16-13(18)8-11(9-15(16)22-3)17(21)20-14-6-5-12(19)7-10(14)2/h5-9H,4H2,1-3H3,(H,20,21). The summed E-state index contributed by atoms with van der Waals surface area (Å²) in [6.45, 7) is 4.27. The number of aryl methyl sites for hydroxylation is 1. The number of methoxy groups -OCH3 is 1. The first-order chi connectivity index (χ1) is 11.0. The molecular formula is C17H17ClINO3. The Bertz CT molecular complexity index is 734. The number of hydrogen-bond acceptors (Lipinski definition) is 3. The molecule has 0 unspecified atom stereocenters. The molecule has 0 aromatic heterocycles. The second-order valence-electron chi connectivity index (χ2n) is 4.84. The van der Waals surface area contributed by atoms with Crippen LogP contribution < -0.4 is 14.8 Å². The largest absolute Gasteiger partial charge is 0.493 e. The summed E-state index contributed by atoms with van der Waals surface area (Å²) in [5.41, 5.74) is 2.17. The molecule has 122 valence electrons. The molecule has 0 bridgehead atoms. The average molecular weight is 446 g/mol. The van der Waals surface area contributed by atoms with Crippen LogP contribution in [0.15, 0.2) is 30.3 Å². The normalized spacial score (nSPS) is 10.3. The van der Waals surface area contributed by atoms with E-state index >= 15 is 0 Å². The van der Waals surface area contributed by atoms with Crippen molar-refractivity contribution >= 4 is 45.8 Å². The van der Waals surface area contributed by atoms with Crippen molar-refractivity contribution in [2.24, 2.45) is 0 Å². The average Bonchev–Trinajstić information content (AvgIpc) is 2.51. The van der Waals surface area contributed by atoms with Crippen LogP contribution in [0, 0.1) is 10.5 Å². The van der Waals surface area contributed by atoms with Crippen LogP contribution in [-0.2, 0) is 0 Å². The molecule has 0 saturated carbocycles. The fourth-order valence-electron chi connectivity index (χ4n) is 2.10. The van der Waals surface area contributed by atoms with Crippen LogP contribution in [0.2, 0.25) is 5.02 Å². The smallest absolute Gasteiger partial charge is 0.255 e. The van der Waals surface area contributed by atoms with Crippen molar-refractivity contribution in [1.82, 2.24) is 0 Å². The zero-order valence-corrected chi connectivity index (χ0v) is 16.0. The number of amides is 1. The molecule has 2 rings (SSSR count). The van der Waals surface area contributed by atoms with E-state index in [2.05, 4.69) is 27.9 Å². The lowest BCUT2D eigenvalue weighted by atomic mass is 10.1. The summed E-state index contributed by atoms with van der Waals surface area (Å²) in [6.07, 6.45) is 0. The Kier molecular flexibility index (Phi) is 6.12. The lowest BCUT2D eigenvalue weighted by Crippen LogP contribution is -2.13. The SMILES string of the molecule is CCOc1c(Cl)cc(C(=O)Nc2ccc(I)cc2C)cc1OC. The van der Waals surface area contributed by atoms with E-state index in [1.54, 1.807) is 12.1 Å². The van der Waals surface area contributed by atoms with Gasteiger partial charge < -0.3 is 14.8 Å². The van der Waals surface area contributed by atoms with Crippen LogP contribution in [-0.4, -0.2) is 19.6 Å². The Hall–Kier alpha value is -1.47. The highest BCUT2D eigenvalue weighted by Gasteiger charge is 2.16. The highest BCUT2D eigenvalue weighted by Crippen LogP contribution is 2.36. The molecule has 0 heterocycles. The number of hydrogen-bond donors (Lipinski definition) is 1. The Morgan fingerprint density at radius 2 is 2.04 bits per heavy atom. The monoisotopic (exact) mass is 445 g/mol. The molecule has 4 nitrogen and oxygen atoms in total. The number of carbonyl (C=O) groups is 1. The molecule has 0 atom stereocenters. The van der Waals surface area contributed by atoms with E-state index in [0.29, 0.717) is 28.7 Å². The molecule has 2 aromatic carbocycles. The van der Waals surface area contributed by atoms with Gasteiger partial charge in [0.25, 0.3) is 5.91 Å². The summed E-state index contributed by atoms with van der Waals surface area (Å²) < 4.78 is 11.8. The predicted molar refractivity (Wildman–Crippen MR) is 101 cm³/mol. The topological polar surface area (TPSA) is 47.6 Å². The summed E-state index contributed by atoms with van der Waals surface area (Å²) in [4.78, 5) is 12.5. The minimum Gasteiger partial charge on any atom is -0.493 e. The summed E-state index contributed by atoms with van der Waals surface area (Å²) in [5.74, 6) is 0.625. The van der Waals surface area contributed by atoms with Crippen LogP contribution in [0.5, 0.6) is 11.5 Å². The first-order valence-corrected chi connectivity index (χ1v) is 8.49. The summed E-state index contributed by atoms with van der Waals surface area (Å²) in [7, 11) is 1.51. The third-order valence-electron chi connectivity index (χ3n) is 3.22. The molecule has 6 heteroatoms. The van der Waals surface area contributed by atoms with Crippen molar-refractivity contribution in [3.63, 3.8) is 0 Å². The van der Waals surface area contributed by atoms with Gasteiger partial charge >= 0.3 is 0 Å². The molecule has 0 aliphatic heterocycles. The Labute approximate surface area is 154 Å². The Morgan fingerprint density at radius 1 is 1.30 bits per heavy atom. The van der Waals surface area contributed by atoms with E-state index in [9.17, 15) is 4.79 Å². The molecule has 0 aliphatic rings. The van der Waals surface area contributed by atoms with Crippen LogP contribution in [0.4, 0.5) is 5.69 Å². The van der Waals surface area contributed by atoms with Crippen molar-refractivity contribution in [3.8, 4) is 11.5 Å². The number of benzene rings is 2. The Morgan fingerprint density at radius 3 is 2.65 bits per heavy atom. The summed E-state index contributed by atoms with van der Waals surface area (Å²) >= 11 is 8.44. The summed E-state index contributed by atoms with van der Waals surface area (Å²) in [6, 6.07) is 9.01. The van der Waals surface area contributed by atoms with Crippen molar-refractivity contribution in [1.29, 1.82) is 0 Å². The van der Waals surface area contributed by atoms with Crippen LogP contribution in [0.3, 0.4) is 0 Å². The van der Waals surface area contributed by atoms with Gasteiger partial charge in [-0.1, -0.05) is 11.6 Å². The van der Waals surface area contributed by atoms with E-state index in [1.165, 1.54) is 7.11 Å². The minimum absolute atomic E-state index is 0.252. The quantitative estimate of drug-likeness (QED) is 0.665. The number of nitrogens with one attached hydrogen (secondary N) is 1. The maximum atomic E-state index is 12.5. The van der Waals surface area contributed by atoms with Crippen LogP contribution in [0.1, 0.15) is 22.8 Å². The minimum atomic E-state index is -0.252. The van der Waals surface area contributed by atoms with Gasteiger partial charge in [0, 0.05) is 14.8 Å². The van der Waals surface area contributed by atoms with E-state index in [4.69, 9.17) is 21.1 Å². The molecule has 0 fully saturated rings. The third-order valence-corrected chi connectivity index (χ3v) is 4.17. The van der Waals surface area contributed by atoms with Gasteiger partial charge in [0.1, 0.15) is 0 Å². The van der Waals surface area contributed by atoms with Gasteiger partial charge in [-0.25, -0.2) is 0 Å². The second kappa shape index (κ2) is 7.88. The van der Waals surface area contributed by atoms with Gasteiger partial charge in [0.2, 0.25) is 0 Å². The fraction of sp³-hybridized carbons (Fsp3) is 0.235. The van der Waals surface area contributed by atoms with Crippen molar-refractivity contribution in [2.75, 3.05) is 19.0 Å². The highest BCUT2D eigenvalue weighted by molar-refractivity contribution is 14.1. The molecule has 2 aromatic rings. The van der Waals surface area contributed by atoms with Crippen LogP contribution >= 0.6 is 34.2 Å². The zero-order valence-electron chi connectivity index (χ0n) is 13.1. The predicted octanol–water partition coefficient (Wildman–Crippen LogP) is 4.91. The number of carbonyl (C=O) groups excluding carboxylic acids is 1. The second-order valence-corrected chi connectivity index (χ2v) is 6.49. The Balaban J connectivity index is 2.30. The van der Waals surface area contributed by atoms with E-state index < -0.39 is 0 Å². The maximum absolute atomic E-state index is 12.5. The zero-order chi connectivity index (χ0) is 17.0. The lowest BCUT2D eigenvalue weighted by molar-refractivity contribution is 0.102. The number of rotatable bonds is 5. The lowest BCUT2D eigenvalue weighted by Gasteiger charge is -2.14. The highest BCUT2D eigenvalue weighted by atomic mass is 127. The van der Waals surface area contributed by atoms with Gasteiger partial charge in [-0.2, -0.15) is 0 Å². The number of anilines is 1. The number of halogens is 2. The van der Waals surface area contributed by atoms with E-state index in [1.807, 2.05) is 32.0 Å². The van der Waals surface area contributed by atoms with Crippen molar-refractivity contribution in [3.05, 3.63) is 50.1 Å². The molecule has 0 radical (unpaired) electrons. The van der Waals surface area contributed by atoms with Crippen LogP contribution in [0.25, 0.3) is 0 Å². The van der Waals surface area contributed by atoms with Crippen molar-refractivity contribution < 1.29 is 14.3 Å². The van der Waals surface area contributed by atoms with Gasteiger partial charge in [-0.05, 0) is 72.3 Å². The molecule has 1 amide bonds. The molecular weight excluding hydrogens is 429 g/mol. The first kappa shape index (κ1) is 17.9.